The molecule has 0 saturated carbocycles. The van der Waals surface area contributed by atoms with Gasteiger partial charge in [-0.2, -0.15) is 0 Å². The minimum atomic E-state index is -0.589. The monoisotopic (exact) mass is 289 g/mol. The Morgan fingerprint density at radius 1 is 0.682 bits per heavy atom. The summed E-state index contributed by atoms with van der Waals surface area (Å²) in [5.41, 5.74) is 2.43. The highest BCUT2D eigenvalue weighted by molar-refractivity contribution is 5.53. The van der Waals surface area contributed by atoms with Crippen LogP contribution >= 0.6 is 0 Å². The van der Waals surface area contributed by atoms with Crippen LogP contribution in [-0.2, 0) is 5.54 Å². The first-order valence-electron chi connectivity index (χ1n) is 7.37. The van der Waals surface area contributed by atoms with Crippen molar-refractivity contribution in [1.82, 2.24) is 5.32 Å². The quantitative estimate of drug-likeness (QED) is 0.714. The molecule has 0 atom stereocenters. The minimum Gasteiger partial charge on any atom is -0.508 e. The molecule has 3 rings (SSSR count). The first kappa shape index (κ1) is 14.4. The molecule has 0 heterocycles. The van der Waals surface area contributed by atoms with Crippen LogP contribution in [0.2, 0.25) is 0 Å². The first-order valence-corrected chi connectivity index (χ1v) is 7.37. The number of hydrogen-bond donors (Lipinski definition) is 2. The molecule has 0 unspecified atom stereocenters. The van der Waals surface area contributed by atoms with Gasteiger partial charge < -0.3 is 10.4 Å². The fourth-order valence-electron chi connectivity index (χ4n) is 3.07. The summed E-state index contributed by atoms with van der Waals surface area (Å²) in [5.74, 6) is 0.282. The van der Waals surface area contributed by atoms with Crippen molar-refractivity contribution in [2.24, 2.45) is 0 Å². The van der Waals surface area contributed by atoms with Crippen LogP contribution in [0.4, 0.5) is 0 Å². The van der Waals surface area contributed by atoms with Crippen LogP contribution in [0.15, 0.2) is 84.9 Å². The van der Waals surface area contributed by atoms with Crippen molar-refractivity contribution in [2.75, 3.05) is 7.05 Å². The summed E-state index contributed by atoms with van der Waals surface area (Å²) >= 11 is 0. The number of nitrogens with one attached hydrogen (secondary N) is 1. The van der Waals surface area contributed by atoms with Gasteiger partial charge in [0.05, 0.1) is 5.54 Å². The van der Waals surface area contributed by atoms with Gasteiger partial charge in [0.2, 0.25) is 0 Å². The SMILES string of the molecule is CNC(c1ccccc1)(c1ccccc1)c1ccccc1O. The van der Waals surface area contributed by atoms with Crippen LogP contribution in [0.5, 0.6) is 5.75 Å². The third kappa shape index (κ3) is 2.28. The number of benzene rings is 3. The third-order valence-corrected chi connectivity index (χ3v) is 4.10. The molecular weight excluding hydrogens is 270 g/mol. The fourth-order valence-corrected chi connectivity index (χ4v) is 3.07. The molecule has 2 nitrogen and oxygen atoms in total. The molecule has 0 aromatic heterocycles. The lowest BCUT2D eigenvalue weighted by Crippen LogP contribution is -2.42. The highest BCUT2D eigenvalue weighted by atomic mass is 16.3. The number of rotatable bonds is 4. The van der Waals surface area contributed by atoms with Crippen molar-refractivity contribution in [3.8, 4) is 5.75 Å². The Bertz CT molecular complexity index is 698. The van der Waals surface area contributed by atoms with Crippen molar-refractivity contribution < 1.29 is 5.11 Å². The van der Waals surface area contributed by atoms with Crippen molar-refractivity contribution >= 4 is 0 Å². The Kier molecular flexibility index (Phi) is 3.94. The fraction of sp³-hybridized carbons (Fsp3) is 0.100. The van der Waals surface area contributed by atoms with Crippen molar-refractivity contribution in [2.45, 2.75) is 5.54 Å². The molecule has 0 aliphatic carbocycles. The Hall–Kier alpha value is -2.58. The summed E-state index contributed by atoms with van der Waals surface area (Å²) in [6.07, 6.45) is 0. The summed E-state index contributed by atoms with van der Waals surface area (Å²) in [5, 5.41) is 13.9. The Labute approximate surface area is 131 Å². The number of phenolic OH excluding ortho intramolecular Hbond substituents is 1. The summed E-state index contributed by atoms with van der Waals surface area (Å²) in [6.45, 7) is 0. The normalized spacial score (nSPS) is 11.3. The van der Waals surface area contributed by atoms with Crippen LogP contribution in [0.25, 0.3) is 0 Å². The van der Waals surface area contributed by atoms with Crippen LogP contribution in [0.3, 0.4) is 0 Å². The van der Waals surface area contributed by atoms with Gasteiger partial charge in [-0.3, -0.25) is 0 Å². The van der Waals surface area contributed by atoms with Crippen molar-refractivity contribution in [3.05, 3.63) is 102 Å². The van der Waals surface area contributed by atoms with E-state index in [0.717, 1.165) is 16.7 Å². The van der Waals surface area contributed by atoms with E-state index in [2.05, 4.69) is 29.6 Å². The van der Waals surface area contributed by atoms with Gasteiger partial charge in [-0.05, 0) is 24.2 Å². The Balaban J connectivity index is 2.34. The maximum absolute atomic E-state index is 10.5. The van der Waals surface area contributed by atoms with Gasteiger partial charge in [0.1, 0.15) is 5.75 Å². The molecule has 110 valence electrons. The molecular formula is C20H19NO. The first-order chi connectivity index (χ1) is 10.8. The molecule has 0 amide bonds. The minimum absolute atomic E-state index is 0.282. The highest BCUT2D eigenvalue weighted by Crippen LogP contribution is 2.40. The molecule has 0 bridgehead atoms. The second-order valence-corrected chi connectivity index (χ2v) is 5.25. The summed E-state index contributed by atoms with van der Waals surface area (Å²) in [7, 11) is 1.92. The third-order valence-electron chi connectivity index (χ3n) is 4.10. The topological polar surface area (TPSA) is 32.3 Å². The Morgan fingerprint density at radius 3 is 1.59 bits per heavy atom. The predicted molar refractivity (Wildman–Crippen MR) is 89.9 cm³/mol. The molecule has 0 saturated heterocycles. The molecule has 2 heteroatoms. The van der Waals surface area contributed by atoms with Crippen LogP contribution in [0, 0.1) is 0 Å². The summed E-state index contributed by atoms with van der Waals surface area (Å²) < 4.78 is 0. The van der Waals surface area contributed by atoms with Gasteiger partial charge in [-0.15, -0.1) is 0 Å². The molecule has 3 aromatic rings. The van der Waals surface area contributed by atoms with E-state index in [9.17, 15) is 5.11 Å². The van der Waals surface area contributed by atoms with E-state index in [1.807, 2.05) is 61.6 Å². The van der Waals surface area contributed by atoms with Gasteiger partial charge in [0.15, 0.2) is 0 Å². The molecule has 0 aliphatic rings. The van der Waals surface area contributed by atoms with Crippen molar-refractivity contribution in [1.29, 1.82) is 0 Å². The summed E-state index contributed by atoms with van der Waals surface area (Å²) in [4.78, 5) is 0. The van der Waals surface area contributed by atoms with E-state index >= 15 is 0 Å². The number of aromatic hydroxyl groups is 1. The molecule has 2 N–H and O–H groups in total. The zero-order valence-electron chi connectivity index (χ0n) is 12.5. The van der Waals surface area contributed by atoms with Crippen LogP contribution in [-0.4, -0.2) is 12.2 Å². The summed E-state index contributed by atoms with van der Waals surface area (Å²) in [6, 6.07) is 27.9. The number of phenols is 1. The lowest BCUT2D eigenvalue weighted by Gasteiger charge is -2.36. The zero-order chi connectivity index (χ0) is 15.4. The molecule has 22 heavy (non-hydrogen) atoms. The second kappa shape index (κ2) is 6.04. The van der Waals surface area contributed by atoms with Gasteiger partial charge in [0.25, 0.3) is 0 Å². The Morgan fingerprint density at radius 2 is 1.14 bits per heavy atom. The molecule has 0 spiro atoms. The highest BCUT2D eigenvalue weighted by Gasteiger charge is 2.36. The van der Waals surface area contributed by atoms with Gasteiger partial charge in [0, 0.05) is 5.56 Å². The van der Waals surface area contributed by atoms with E-state index < -0.39 is 5.54 Å². The van der Waals surface area contributed by atoms with Gasteiger partial charge in [-0.1, -0.05) is 78.9 Å². The molecule has 0 aliphatic heterocycles. The maximum atomic E-state index is 10.5. The second-order valence-electron chi connectivity index (χ2n) is 5.25. The molecule has 3 aromatic carbocycles. The largest absolute Gasteiger partial charge is 0.508 e. The van der Waals surface area contributed by atoms with Crippen molar-refractivity contribution in [3.63, 3.8) is 0 Å². The average molecular weight is 289 g/mol. The van der Waals surface area contributed by atoms with Gasteiger partial charge in [-0.25, -0.2) is 0 Å². The van der Waals surface area contributed by atoms with E-state index in [0.29, 0.717) is 0 Å². The number of hydrogen-bond acceptors (Lipinski definition) is 2. The average Bonchev–Trinajstić information content (AvgIpc) is 2.59. The molecule has 0 fully saturated rings. The predicted octanol–water partition coefficient (Wildman–Crippen LogP) is 3.90. The van der Waals surface area contributed by atoms with Crippen LogP contribution < -0.4 is 5.32 Å². The lowest BCUT2D eigenvalue weighted by atomic mass is 9.77. The zero-order valence-corrected chi connectivity index (χ0v) is 12.5. The van der Waals surface area contributed by atoms with E-state index in [1.165, 1.54) is 0 Å². The smallest absolute Gasteiger partial charge is 0.121 e. The van der Waals surface area contributed by atoms with E-state index in [1.54, 1.807) is 6.07 Å². The van der Waals surface area contributed by atoms with Gasteiger partial charge >= 0.3 is 0 Å². The maximum Gasteiger partial charge on any atom is 0.121 e. The standard InChI is InChI=1S/C20H19NO/c1-21-20(16-10-4-2-5-11-16,17-12-6-3-7-13-17)18-14-8-9-15-19(18)22/h2-15,21-22H,1H3. The number of para-hydroxylation sites is 1. The van der Waals surface area contributed by atoms with E-state index in [-0.39, 0.29) is 5.75 Å². The molecule has 0 radical (unpaired) electrons. The van der Waals surface area contributed by atoms with Crippen LogP contribution in [0.1, 0.15) is 16.7 Å². The van der Waals surface area contributed by atoms with E-state index in [4.69, 9.17) is 0 Å². The lowest BCUT2D eigenvalue weighted by molar-refractivity contribution is 0.436.